The molecule has 0 fully saturated rings. The highest BCUT2D eigenvalue weighted by molar-refractivity contribution is 9.10. The minimum Gasteiger partial charge on any atom is -0.483 e. The van der Waals surface area contributed by atoms with E-state index in [9.17, 15) is 9.59 Å². The molecule has 114 valence electrons. The second-order valence-electron chi connectivity index (χ2n) is 4.79. The molecule has 2 rings (SSSR count). The molecular weight excluding hydrogens is 346 g/mol. The van der Waals surface area contributed by atoms with Gasteiger partial charge >= 0.3 is 0 Å². The zero-order valence-electron chi connectivity index (χ0n) is 12.1. The van der Waals surface area contributed by atoms with Gasteiger partial charge < -0.3 is 10.1 Å². The molecule has 0 bridgehead atoms. The number of carbonyl (C=O) groups excluding carboxylic acids is 2. The van der Waals surface area contributed by atoms with Gasteiger partial charge in [-0.05, 0) is 36.8 Å². The first-order valence-corrected chi connectivity index (χ1v) is 7.61. The summed E-state index contributed by atoms with van der Waals surface area (Å²) in [7, 11) is 0. The summed E-state index contributed by atoms with van der Waals surface area (Å²) in [5.41, 5.74) is 1.43. The van der Waals surface area contributed by atoms with Crippen molar-refractivity contribution in [2.24, 2.45) is 0 Å². The number of hydrogen-bond acceptors (Lipinski definition) is 3. The molecule has 0 aliphatic rings. The Labute approximate surface area is 137 Å². The highest BCUT2D eigenvalue weighted by Gasteiger charge is 2.11. The topological polar surface area (TPSA) is 55.4 Å². The number of amides is 1. The molecule has 0 saturated carbocycles. The molecule has 1 N–H and O–H groups in total. The molecule has 1 amide bonds. The van der Waals surface area contributed by atoms with Gasteiger partial charge in [-0.15, -0.1) is 0 Å². The molecule has 22 heavy (non-hydrogen) atoms. The Morgan fingerprint density at radius 3 is 2.59 bits per heavy atom. The highest BCUT2D eigenvalue weighted by atomic mass is 79.9. The number of carbonyl (C=O) groups is 2. The van der Waals surface area contributed by atoms with Crippen molar-refractivity contribution in [2.45, 2.75) is 13.0 Å². The Morgan fingerprint density at radius 2 is 1.91 bits per heavy atom. The monoisotopic (exact) mass is 361 g/mol. The second kappa shape index (κ2) is 7.75. The maximum atomic E-state index is 11.9. The molecule has 0 heterocycles. The van der Waals surface area contributed by atoms with E-state index in [-0.39, 0.29) is 18.6 Å². The van der Waals surface area contributed by atoms with E-state index in [1.807, 2.05) is 31.2 Å². The van der Waals surface area contributed by atoms with Crippen molar-refractivity contribution in [3.05, 3.63) is 64.1 Å². The van der Waals surface area contributed by atoms with E-state index in [0.717, 1.165) is 10.0 Å². The number of halogens is 1. The molecule has 0 radical (unpaired) electrons. The highest BCUT2D eigenvalue weighted by Crippen LogP contribution is 2.17. The van der Waals surface area contributed by atoms with Crippen LogP contribution >= 0.6 is 15.9 Å². The molecule has 0 spiro atoms. The Hall–Kier alpha value is -2.14. The van der Waals surface area contributed by atoms with Crippen LogP contribution in [0.1, 0.15) is 28.9 Å². The molecule has 0 unspecified atom stereocenters. The van der Waals surface area contributed by atoms with Crippen molar-refractivity contribution in [2.75, 3.05) is 6.61 Å². The fraction of sp³-hybridized carbons (Fsp3) is 0.176. The van der Waals surface area contributed by atoms with E-state index in [1.165, 1.54) is 0 Å². The Morgan fingerprint density at radius 1 is 1.23 bits per heavy atom. The molecule has 5 heteroatoms. The number of para-hydroxylation sites is 1. The van der Waals surface area contributed by atoms with Gasteiger partial charge in [0.1, 0.15) is 5.75 Å². The zero-order chi connectivity index (χ0) is 15.9. The van der Waals surface area contributed by atoms with E-state index >= 15 is 0 Å². The van der Waals surface area contributed by atoms with E-state index in [1.54, 1.807) is 24.3 Å². The van der Waals surface area contributed by atoms with Crippen molar-refractivity contribution in [1.82, 2.24) is 5.32 Å². The van der Waals surface area contributed by atoms with Crippen LogP contribution in [0, 0.1) is 0 Å². The van der Waals surface area contributed by atoms with Gasteiger partial charge in [-0.2, -0.15) is 0 Å². The molecule has 1 atom stereocenters. The Kier molecular flexibility index (Phi) is 5.72. The zero-order valence-corrected chi connectivity index (χ0v) is 13.7. The lowest BCUT2D eigenvalue weighted by Crippen LogP contribution is -2.31. The van der Waals surface area contributed by atoms with Crippen LogP contribution in [0.2, 0.25) is 0 Å². The molecule has 0 saturated heterocycles. The molecular formula is C17H16BrNO3. The van der Waals surface area contributed by atoms with Crippen molar-refractivity contribution >= 4 is 28.1 Å². The van der Waals surface area contributed by atoms with Crippen LogP contribution in [0.3, 0.4) is 0 Å². The number of aldehydes is 1. The maximum Gasteiger partial charge on any atom is 0.258 e. The average molecular weight is 362 g/mol. The van der Waals surface area contributed by atoms with E-state index < -0.39 is 0 Å². The number of rotatable bonds is 6. The van der Waals surface area contributed by atoms with E-state index in [4.69, 9.17) is 4.74 Å². The summed E-state index contributed by atoms with van der Waals surface area (Å²) in [6.07, 6.45) is 0.706. The molecule has 2 aromatic carbocycles. The third-order valence-corrected chi connectivity index (χ3v) is 3.68. The third kappa shape index (κ3) is 4.43. The summed E-state index contributed by atoms with van der Waals surface area (Å²) < 4.78 is 6.38. The standard InChI is InChI=1S/C17H16BrNO3/c1-12(13-6-8-15(18)9-7-13)19-17(21)11-22-16-5-3-2-4-14(16)10-20/h2-10,12H,11H2,1H3,(H,19,21)/t12-/m0/s1. The number of hydrogen-bond donors (Lipinski definition) is 1. The minimum atomic E-state index is -0.240. The molecule has 0 aliphatic heterocycles. The van der Waals surface area contributed by atoms with Gasteiger partial charge in [0.25, 0.3) is 5.91 Å². The first-order chi connectivity index (χ1) is 10.6. The van der Waals surface area contributed by atoms with E-state index in [2.05, 4.69) is 21.2 Å². The largest absolute Gasteiger partial charge is 0.483 e. The summed E-state index contributed by atoms with van der Waals surface area (Å²) in [5.74, 6) is 0.167. The first kappa shape index (κ1) is 16.2. The van der Waals surface area contributed by atoms with Crippen LogP contribution in [0.4, 0.5) is 0 Å². The van der Waals surface area contributed by atoms with Crippen LogP contribution in [-0.4, -0.2) is 18.8 Å². The number of ether oxygens (including phenoxy) is 1. The maximum absolute atomic E-state index is 11.9. The predicted octanol–water partition coefficient (Wildman–Crippen LogP) is 3.52. The van der Waals surface area contributed by atoms with Crippen molar-refractivity contribution < 1.29 is 14.3 Å². The van der Waals surface area contributed by atoms with Gasteiger partial charge in [-0.1, -0.05) is 40.2 Å². The van der Waals surface area contributed by atoms with Gasteiger partial charge in [0.2, 0.25) is 0 Å². The summed E-state index contributed by atoms with van der Waals surface area (Å²) in [5, 5.41) is 2.86. The lowest BCUT2D eigenvalue weighted by Gasteiger charge is -2.15. The predicted molar refractivity (Wildman–Crippen MR) is 88.0 cm³/mol. The normalized spacial score (nSPS) is 11.5. The fourth-order valence-corrected chi connectivity index (χ4v) is 2.23. The van der Waals surface area contributed by atoms with Crippen molar-refractivity contribution in [3.8, 4) is 5.75 Å². The number of nitrogens with one attached hydrogen (secondary N) is 1. The van der Waals surface area contributed by atoms with Crippen LogP contribution < -0.4 is 10.1 Å². The lowest BCUT2D eigenvalue weighted by molar-refractivity contribution is -0.123. The Balaban J connectivity index is 1.90. The van der Waals surface area contributed by atoms with Crippen molar-refractivity contribution in [3.63, 3.8) is 0 Å². The molecule has 0 aromatic heterocycles. The van der Waals surface area contributed by atoms with Crippen molar-refractivity contribution in [1.29, 1.82) is 0 Å². The van der Waals surface area contributed by atoms with Gasteiger partial charge in [0.05, 0.1) is 11.6 Å². The van der Waals surface area contributed by atoms with E-state index in [0.29, 0.717) is 17.6 Å². The lowest BCUT2D eigenvalue weighted by atomic mass is 10.1. The van der Waals surface area contributed by atoms with Crippen LogP contribution in [0.5, 0.6) is 5.75 Å². The quantitative estimate of drug-likeness (QED) is 0.800. The average Bonchev–Trinajstić information content (AvgIpc) is 2.53. The van der Waals surface area contributed by atoms with Gasteiger partial charge in [0, 0.05) is 4.47 Å². The SMILES string of the molecule is C[C@H](NC(=O)COc1ccccc1C=O)c1ccc(Br)cc1. The van der Waals surface area contributed by atoms with Crippen LogP contribution in [0.15, 0.2) is 53.0 Å². The van der Waals surface area contributed by atoms with Gasteiger partial charge in [0.15, 0.2) is 12.9 Å². The summed E-state index contributed by atoms with van der Waals surface area (Å²) in [6.45, 7) is 1.77. The van der Waals surface area contributed by atoms with Crippen LogP contribution in [-0.2, 0) is 4.79 Å². The number of benzene rings is 2. The minimum absolute atomic E-state index is 0.120. The smallest absolute Gasteiger partial charge is 0.258 e. The molecule has 2 aromatic rings. The second-order valence-corrected chi connectivity index (χ2v) is 5.70. The molecule has 0 aliphatic carbocycles. The fourth-order valence-electron chi connectivity index (χ4n) is 1.97. The summed E-state index contributed by atoms with van der Waals surface area (Å²) in [4.78, 5) is 22.8. The summed E-state index contributed by atoms with van der Waals surface area (Å²) in [6, 6.07) is 14.4. The van der Waals surface area contributed by atoms with Crippen LogP contribution in [0.25, 0.3) is 0 Å². The van der Waals surface area contributed by atoms with Gasteiger partial charge in [-0.3, -0.25) is 9.59 Å². The first-order valence-electron chi connectivity index (χ1n) is 6.82. The molecule has 4 nitrogen and oxygen atoms in total. The Bertz CT molecular complexity index is 655. The van der Waals surface area contributed by atoms with Gasteiger partial charge in [-0.25, -0.2) is 0 Å². The third-order valence-electron chi connectivity index (χ3n) is 3.15. The summed E-state index contributed by atoms with van der Waals surface area (Å²) >= 11 is 3.37.